The van der Waals surface area contributed by atoms with E-state index >= 15 is 0 Å². The Morgan fingerprint density at radius 1 is 1.27 bits per heavy atom. The zero-order valence-electron chi connectivity index (χ0n) is 12.2. The summed E-state index contributed by atoms with van der Waals surface area (Å²) in [5.74, 6) is -0.553. The average molecular weight is 348 g/mol. The van der Waals surface area contributed by atoms with Crippen molar-refractivity contribution in [1.82, 2.24) is 15.1 Å². The topological polar surface area (TPSA) is 35.6 Å². The van der Waals surface area contributed by atoms with Crippen LogP contribution in [0.2, 0.25) is 5.02 Å². The Morgan fingerprint density at radius 2 is 2.00 bits per heavy atom. The van der Waals surface area contributed by atoms with E-state index < -0.39 is 5.82 Å². The molecule has 0 saturated carbocycles. The molecule has 7 heteroatoms. The Kier molecular flexibility index (Phi) is 6.03. The summed E-state index contributed by atoms with van der Waals surface area (Å²) in [6.07, 6.45) is 1.00. The van der Waals surface area contributed by atoms with E-state index in [0.29, 0.717) is 11.6 Å². The third-order valence-corrected chi connectivity index (χ3v) is 4.57. The lowest BCUT2D eigenvalue weighted by Crippen LogP contribution is -2.49. The lowest BCUT2D eigenvalue weighted by atomic mass is 10.2. The second-order valence-corrected chi connectivity index (χ2v) is 6.02. The van der Waals surface area contributed by atoms with Gasteiger partial charge in [0.1, 0.15) is 5.82 Å². The van der Waals surface area contributed by atoms with Gasteiger partial charge in [-0.15, -0.1) is 12.4 Å². The summed E-state index contributed by atoms with van der Waals surface area (Å²) in [6.45, 7) is 5.59. The Hall–Kier alpha value is -0.880. The molecule has 122 valence electrons. The minimum Gasteiger partial charge on any atom is -0.337 e. The number of likely N-dealkylation sites (tertiary alicyclic amines) is 1. The number of halogens is 3. The smallest absolute Gasteiger partial charge is 0.253 e. The second-order valence-electron chi connectivity index (χ2n) is 5.61. The molecule has 2 heterocycles. The highest BCUT2D eigenvalue weighted by molar-refractivity contribution is 6.31. The molecule has 1 aromatic carbocycles. The molecule has 4 nitrogen and oxygen atoms in total. The first-order chi connectivity index (χ1) is 10.1. The van der Waals surface area contributed by atoms with E-state index in [-0.39, 0.29) is 23.3 Å². The zero-order valence-corrected chi connectivity index (χ0v) is 13.8. The van der Waals surface area contributed by atoms with Crippen LogP contribution in [0.4, 0.5) is 4.39 Å². The summed E-state index contributed by atoms with van der Waals surface area (Å²) < 4.78 is 13.2. The Labute approximate surface area is 141 Å². The predicted octanol–water partition coefficient (Wildman–Crippen LogP) is 2.02. The summed E-state index contributed by atoms with van der Waals surface area (Å²) in [6, 6.07) is 4.60. The Balaban J connectivity index is 0.00000176. The molecule has 0 radical (unpaired) electrons. The number of benzene rings is 1. The molecule has 22 heavy (non-hydrogen) atoms. The van der Waals surface area contributed by atoms with Crippen LogP contribution in [-0.2, 0) is 0 Å². The first-order valence-electron chi connectivity index (χ1n) is 7.34. The number of nitrogens with zero attached hydrogens (tertiary/aromatic N) is 2. The molecule has 2 fully saturated rings. The van der Waals surface area contributed by atoms with Crippen LogP contribution < -0.4 is 5.32 Å². The van der Waals surface area contributed by atoms with E-state index in [1.165, 1.54) is 18.2 Å². The van der Waals surface area contributed by atoms with Crippen molar-refractivity contribution >= 4 is 29.9 Å². The van der Waals surface area contributed by atoms with E-state index in [0.717, 1.165) is 45.7 Å². The maximum absolute atomic E-state index is 13.2. The molecule has 1 unspecified atom stereocenters. The summed E-state index contributed by atoms with van der Waals surface area (Å²) in [5.41, 5.74) is 0.461. The molecule has 2 saturated heterocycles. The van der Waals surface area contributed by atoms with Crippen LogP contribution >= 0.6 is 24.0 Å². The van der Waals surface area contributed by atoms with Gasteiger partial charge >= 0.3 is 0 Å². The van der Waals surface area contributed by atoms with Crippen LogP contribution in [0.15, 0.2) is 18.2 Å². The van der Waals surface area contributed by atoms with Crippen molar-refractivity contribution in [1.29, 1.82) is 0 Å². The van der Waals surface area contributed by atoms with Crippen molar-refractivity contribution in [2.75, 3.05) is 39.3 Å². The Bertz CT molecular complexity index is 538. The van der Waals surface area contributed by atoms with Crippen molar-refractivity contribution < 1.29 is 9.18 Å². The van der Waals surface area contributed by atoms with Crippen LogP contribution in [0.1, 0.15) is 16.8 Å². The number of carbonyl (C=O) groups is 1. The zero-order chi connectivity index (χ0) is 14.8. The molecule has 1 atom stereocenters. The molecular weight excluding hydrogens is 328 g/mol. The molecule has 3 rings (SSSR count). The van der Waals surface area contributed by atoms with Gasteiger partial charge in [-0.2, -0.15) is 0 Å². The average Bonchev–Trinajstić information content (AvgIpc) is 3.00. The third kappa shape index (κ3) is 3.71. The molecule has 0 bridgehead atoms. The first kappa shape index (κ1) is 17.5. The fourth-order valence-corrected chi connectivity index (χ4v) is 3.26. The van der Waals surface area contributed by atoms with Crippen molar-refractivity contribution in [2.45, 2.75) is 12.5 Å². The van der Waals surface area contributed by atoms with Crippen LogP contribution in [-0.4, -0.2) is 61.0 Å². The van der Waals surface area contributed by atoms with Crippen molar-refractivity contribution in [3.63, 3.8) is 0 Å². The molecule has 0 aliphatic carbocycles. The van der Waals surface area contributed by atoms with Gasteiger partial charge in [0.25, 0.3) is 5.91 Å². The van der Waals surface area contributed by atoms with E-state index in [9.17, 15) is 9.18 Å². The summed E-state index contributed by atoms with van der Waals surface area (Å²) in [5, 5.41) is 3.34. The van der Waals surface area contributed by atoms with Crippen molar-refractivity contribution in [3.8, 4) is 0 Å². The normalized spacial score (nSPS) is 22.5. The largest absolute Gasteiger partial charge is 0.337 e. The minimum atomic E-state index is -0.492. The van der Waals surface area contributed by atoms with E-state index in [4.69, 9.17) is 11.6 Å². The van der Waals surface area contributed by atoms with E-state index in [2.05, 4.69) is 10.2 Å². The molecule has 0 spiro atoms. The predicted molar refractivity (Wildman–Crippen MR) is 87.4 cm³/mol. The number of hydrogen-bond acceptors (Lipinski definition) is 3. The van der Waals surface area contributed by atoms with Gasteiger partial charge in [-0.05, 0) is 24.6 Å². The SMILES string of the molecule is Cl.O=C(c1ccc(F)c(Cl)c1)N1CCC(N2CCNCC2)C1. The highest BCUT2D eigenvalue weighted by Crippen LogP contribution is 2.21. The maximum Gasteiger partial charge on any atom is 0.253 e. The van der Waals surface area contributed by atoms with Gasteiger partial charge < -0.3 is 10.2 Å². The van der Waals surface area contributed by atoms with Gasteiger partial charge in [0, 0.05) is 50.9 Å². The van der Waals surface area contributed by atoms with Crippen LogP contribution in [0, 0.1) is 5.82 Å². The monoisotopic (exact) mass is 347 g/mol. The first-order valence-corrected chi connectivity index (χ1v) is 7.72. The van der Waals surface area contributed by atoms with Crippen LogP contribution in [0.5, 0.6) is 0 Å². The second kappa shape index (κ2) is 7.59. The number of piperazine rings is 1. The number of nitrogens with one attached hydrogen (secondary N) is 1. The summed E-state index contributed by atoms with van der Waals surface area (Å²) in [7, 11) is 0. The molecule has 0 aromatic heterocycles. The lowest BCUT2D eigenvalue weighted by Gasteiger charge is -2.32. The number of amides is 1. The van der Waals surface area contributed by atoms with Crippen molar-refractivity contribution in [2.24, 2.45) is 0 Å². The van der Waals surface area contributed by atoms with Crippen LogP contribution in [0.3, 0.4) is 0 Å². The highest BCUT2D eigenvalue weighted by atomic mass is 35.5. The van der Waals surface area contributed by atoms with E-state index in [1.807, 2.05) is 4.90 Å². The quantitative estimate of drug-likeness (QED) is 0.888. The molecule has 1 amide bonds. The minimum absolute atomic E-state index is 0. The summed E-state index contributed by atoms with van der Waals surface area (Å²) in [4.78, 5) is 16.7. The number of carbonyl (C=O) groups excluding carboxylic acids is 1. The Morgan fingerprint density at radius 3 is 2.68 bits per heavy atom. The van der Waals surface area contributed by atoms with Crippen LogP contribution in [0.25, 0.3) is 0 Å². The maximum atomic E-state index is 13.2. The van der Waals surface area contributed by atoms with E-state index in [1.54, 1.807) is 0 Å². The fraction of sp³-hybridized carbons (Fsp3) is 0.533. The molecule has 2 aliphatic rings. The van der Waals surface area contributed by atoms with Gasteiger partial charge in [-0.3, -0.25) is 9.69 Å². The number of hydrogen-bond donors (Lipinski definition) is 1. The van der Waals surface area contributed by atoms with Crippen molar-refractivity contribution in [3.05, 3.63) is 34.6 Å². The fourth-order valence-electron chi connectivity index (χ4n) is 3.08. The van der Waals surface area contributed by atoms with Gasteiger partial charge in [0.2, 0.25) is 0 Å². The van der Waals surface area contributed by atoms with Gasteiger partial charge in [0.15, 0.2) is 0 Å². The third-order valence-electron chi connectivity index (χ3n) is 4.29. The molecule has 2 aliphatic heterocycles. The lowest BCUT2D eigenvalue weighted by molar-refractivity contribution is 0.0773. The molecule has 1 N–H and O–H groups in total. The standard InChI is InChI=1S/C15H19ClFN3O.ClH/c16-13-9-11(1-2-14(13)17)15(21)20-6-3-12(10-20)19-7-4-18-5-8-19;/h1-2,9,12,18H,3-8,10H2;1H. The van der Waals surface area contributed by atoms with Gasteiger partial charge in [0.05, 0.1) is 5.02 Å². The number of rotatable bonds is 2. The molecular formula is C15H20Cl2FN3O. The summed E-state index contributed by atoms with van der Waals surface area (Å²) >= 11 is 5.75. The van der Waals surface area contributed by atoms with Gasteiger partial charge in [-0.25, -0.2) is 4.39 Å². The van der Waals surface area contributed by atoms with Gasteiger partial charge in [-0.1, -0.05) is 11.6 Å². The molecule has 1 aromatic rings. The highest BCUT2D eigenvalue weighted by Gasteiger charge is 2.31.